The molecule has 0 saturated carbocycles. The molecule has 5 rings (SSSR count). The lowest BCUT2D eigenvalue weighted by Gasteiger charge is -2.25. The van der Waals surface area contributed by atoms with Gasteiger partial charge in [-0.15, -0.1) is 22.7 Å². The number of aromatic nitrogens is 2. The highest BCUT2D eigenvalue weighted by Gasteiger charge is 2.23. The molecule has 2 heterocycles. The monoisotopic (exact) mass is 498 g/mol. The van der Waals surface area contributed by atoms with Crippen molar-refractivity contribution in [2.45, 2.75) is 72.1 Å². The molecule has 2 aromatic heterocycles. The Balaban J connectivity index is 1.49. The quantitative estimate of drug-likeness (QED) is 0.233. The zero-order valence-electron chi connectivity index (χ0n) is 21.8. The number of thiazole rings is 2. The van der Waals surface area contributed by atoms with Crippen LogP contribution in [-0.4, -0.2) is 9.97 Å². The summed E-state index contributed by atoms with van der Waals surface area (Å²) < 4.78 is 2.49. The summed E-state index contributed by atoms with van der Waals surface area (Å²) in [7, 11) is 0. The van der Waals surface area contributed by atoms with Crippen LogP contribution in [0.2, 0.25) is 0 Å². The van der Waals surface area contributed by atoms with Crippen LogP contribution < -0.4 is 0 Å². The number of hydrogen-bond acceptors (Lipinski definition) is 4. The predicted octanol–water partition coefficient (Wildman–Crippen LogP) is 9.92. The van der Waals surface area contributed by atoms with Crippen LogP contribution >= 0.6 is 22.7 Å². The highest BCUT2D eigenvalue weighted by atomic mass is 32.1. The third-order valence-electron chi connectivity index (χ3n) is 7.66. The molecule has 0 spiro atoms. The van der Waals surface area contributed by atoms with Crippen LogP contribution in [0.3, 0.4) is 0 Å². The molecule has 0 fully saturated rings. The molecule has 0 bridgehead atoms. The number of nitrogens with zero attached hydrogens (tertiary/aromatic N) is 2. The lowest BCUT2D eigenvalue weighted by atomic mass is 9.79. The number of rotatable bonds is 6. The molecule has 2 nitrogen and oxygen atoms in total. The Labute approximate surface area is 217 Å². The van der Waals surface area contributed by atoms with E-state index >= 15 is 0 Å². The van der Waals surface area contributed by atoms with Crippen LogP contribution in [0.1, 0.15) is 70.5 Å². The fourth-order valence-electron chi connectivity index (χ4n) is 4.52. The number of fused-ring (bicyclic) bond motifs is 2. The number of benzene rings is 3. The van der Waals surface area contributed by atoms with Crippen molar-refractivity contribution in [3.8, 4) is 21.7 Å². The van der Waals surface area contributed by atoms with Crippen molar-refractivity contribution in [3.05, 3.63) is 70.7 Å². The molecule has 0 amide bonds. The van der Waals surface area contributed by atoms with E-state index in [9.17, 15) is 0 Å². The van der Waals surface area contributed by atoms with Gasteiger partial charge in [-0.25, -0.2) is 9.97 Å². The van der Waals surface area contributed by atoms with Crippen molar-refractivity contribution >= 4 is 43.1 Å². The van der Waals surface area contributed by atoms with Crippen molar-refractivity contribution in [2.24, 2.45) is 0 Å². The molecule has 0 aliphatic heterocycles. The fraction of sp³-hybridized carbons (Fsp3) is 0.355. The van der Waals surface area contributed by atoms with E-state index in [2.05, 4.69) is 103 Å². The summed E-state index contributed by atoms with van der Waals surface area (Å²) in [5.41, 5.74) is 8.92. The number of aryl methyl sites for hydroxylation is 1. The van der Waals surface area contributed by atoms with E-state index in [1.54, 1.807) is 11.3 Å². The van der Waals surface area contributed by atoms with E-state index in [4.69, 9.17) is 9.97 Å². The summed E-state index contributed by atoms with van der Waals surface area (Å²) in [6, 6.07) is 20.2. The first-order valence-electron chi connectivity index (χ1n) is 12.5. The first kappa shape index (κ1) is 24.1. The van der Waals surface area contributed by atoms with Crippen molar-refractivity contribution in [1.82, 2.24) is 9.97 Å². The van der Waals surface area contributed by atoms with Crippen LogP contribution in [-0.2, 0) is 10.8 Å². The van der Waals surface area contributed by atoms with Crippen LogP contribution in [0.25, 0.3) is 42.1 Å². The number of hydrogen-bond donors (Lipinski definition) is 0. The Kier molecular flexibility index (Phi) is 6.09. The summed E-state index contributed by atoms with van der Waals surface area (Å²) in [5.74, 6) is 0. The Morgan fingerprint density at radius 2 is 1.23 bits per heavy atom. The Morgan fingerprint density at radius 3 is 1.83 bits per heavy atom. The second-order valence-corrected chi connectivity index (χ2v) is 13.0. The molecule has 3 aromatic carbocycles. The molecule has 0 atom stereocenters. The van der Waals surface area contributed by atoms with Gasteiger partial charge in [0.2, 0.25) is 0 Å². The third-order valence-corrected chi connectivity index (χ3v) is 10.1. The average molecular weight is 499 g/mol. The highest BCUT2D eigenvalue weighted by molar-refractivity contribution is 7.21. The molecular weight excluding hydrogens is 464 g/mol. The molecule has 35 heavy (non-hydrogen) atoms. The minimum Gasteiger partial charge on any atom is -0.241 e. The molecule has 0 aliphatic carbocycles. The smallest absolute Gasteiger partial charge is 0.124 e. The molecule has 0 unspecified atom stereocenters. The fourth-order valence-corrected chi connectivity index (χ4v) is 6.70. The van der Waals surface area contributed by atoms with Gasteiger partial charge in [-0.05, 0) is 77.8 Å². The molecule has 0 N–H and O–H groups in total. The van der Waals surface area contributed by atoms with Gasteiger partial charge >= 0.3 is 0 Å². The van der Waals surface area contributed by atoms with Crippen molar-refractivity contribution in [3.63, 3.8) is 0 Å². The van der Waals surface area contributed by atoms with Crippen molar-refractivity contribution in [1.29, 1.82) is 0 Å². The van der Waals surface area contributed by atoms with Gasteiger partial charge in [-0.3, -0.25) is 0 Å². The van der Waals surface area contributed by atoms with Crippen LogP contribution in [0.15, 0.2) is 54.6 Å². The van der Waals surface area contributed by atoms with Gasteiger partial charge < -0.3 is 0 Å². The second kappa shape index (κ2) is 8.83. The van der Waals surface area contributed by atoms with E-state index in [1.165, 1.54) is 42.2 Å². The maximum Gasteiger partial charge on any atom is 0.124 e. The average Bonchev–Trinajstić information content (AvgIpc) is 3.47. The van der Waals surface area contributed by atoms with Gasteiger partial charge in [-0.2, -0.15) is 0 Å². The van der Waals surface area contributed by atoms with Crippen LogP contribution in [0.4, 0.5) is 0 Å². The summed E-state index contributed by atoms with van der Waals surface area (Å²) >= 11 is 3.61. The van der Waals surface area contributed by atoms with Gasteiger partial charge in [0, 0.05) is 11.0 Å². The Morgan fingerprint density at radius 1 is 0.657 bits per heavy atom. The Hall–Kier alpha value is -2.56. The maximum absolute atomic E-state index is 4.97. The minimum atomic E-state index is 0.116. The Bertz CT molecular complexity index is 1530. The lowest BCUT2D eigenvalue weighted by molar-refractivity contribution is 0.503. The molecule has 5 aromatic rings. The van der Waals surface area contributed by atoms with Crippen LogP contribution in [0.5, 0.6) is 0 Å². The van der Waals surface area contributed by atoms with E-state index in [0.29, 0.717) is 0 Å². The molecule has 180 valence electrons. The van der Waals surface area contributed by atoms with Gasteiger partial charge in [0.15, 0.2) is 0 Å². The zero-order valence-corrected chi connectivity index (χ0v) is 23.5. The molecule has 0 radical (unpaired) electrons. The maximum atomic E-state index is 4.97. The van der Waals surface area contributed by atoms with E-state index in [0.717, 1.165) is 28.9 Å². The van der Waals surface area contributed by atoms with Crippen molar-refractivity contribution in [2.75, 3.05) is 0 Å². The van der Waals surface area contributed by atoms with Gasteiger partial charge in [0.25, 0.3) is 0 Å². The molecular formula is C31H34N2S2. The zero-order chi connectivity index (χ0) is 25.0. The van der Waals surface area contributed by atoms with Crippen LogP contribution in [0, 0.1) is 6.92 Å². The first-order valence-corrected chi connectivity index (χ1v) is 14.2. The predicted molar refractivity (Wildman–Crippen MR) is 155 cm³/mol. The first-order chi connectivity index (χ1) is 16.6. The summed E-state index contributed by atoms with van der Waals surface area (Å²) in [4.78, 5) is 9.89. The van der Waals surface area contributed by atoms with Gasteiger partial charge in [-0.1, -0.05) is 65.8 Å². The van der Waals surface area contributed by atoms with Gasteiger partial charge in [0.1, 0.15) is 5.01 Å². The minimum absolute atomic E-state index is 0.116. The largest absolute Gasteiger partial charge is 0.241 e. The highest BCUT2D eigenvalue weighted by Crippen LogP contribution is 2.38. The molecule has 4 heteroatoms. The summed E-state index contributed by atoms with van der Waals surface area (Å²) in [6.07, 6.45) is 2.21. The van der Waals surface area contributed by atoms with Gasteiger partial charge in [0.05, 0.1) is 25.4 Å². The summed E-state index contributed by atoms with van der Waals surface area (Å²) in [6.45, 7) is 15.9. The topological polar surface area (TPSA) is 25.8 Å². The third kappa shape index (κ3) is 4.43. The standard InChI is InChI=1S/C31H34N2S2/c1-8-30(4,5)23-13-10-22(16-19(23)3)28-32-24-14-11-20(17-26(24)34-28)21-12-15-25-27(18-21)35-29(33-25)31(6,7)9-2/h10-18H,8-9H2,1-7H3. The lowest BCUT2D eigenvalue weighted by Crippen LogP contribution is -2.16. The van der Waals surface area contributed by atoms with E-state index < -0.39 is 0 Å². The second-order valence-electron chi connectivity index (χ2n) is 10.9. The van der Waals surface area contributed by atoms with Crippen molar-refractivity contribution < 1.29 is 0 Å². The SMILES string of the molecule is CCC(C)(C)c1nc2ccc(-c3ccc4nc(-c5ccc(C(C)(C)CC)c(C)c5)sc4c3)cc2s1. The molecule has 0 saturated heterocycles. The van der Waals surface area contributed by atoms with E-state index in [1.807, 2.05) is 11.3 Å². The molecule has 0 aliphatic rings. The normalized spacial score (nSPS) is 12.7. The van der Waals surface area contributed by atoms with E-state index in [-0.39, 0.29) is 10.8 Å². The summed E-state index contributed by atoms with van der Waals surface area (Å²) in [5, 5.41) is 2.31.